The van der Waals surface area contributed by atoms with Gasteiger partial charge < -0.3 is 9.80 Å². The Kier molecular flexibility index (Phi) is 14.6. The van der Waals surface area contributed by atoms with Crippen molar-refractivity contribution >= 4 is 88.0 Å². The average molecular weight is 1250 g/mol. The van der Waals surface area contributed by atoms with Gasteiger partial charge in [0.25, 0.3) is 0 Å². The zero-order valence-corrected chi connectivity index (χ0v) is 53.8. The van der Waals surface area contributed by atoms with Crippen LogP contribution in [-0.4, -0.2) is 0 Å². The van der Waals surface area contributed by atoms with Crippen molar-refractivity contribution in [1.82, 2.24) is 0 Å². The van der Waals surface area contributed by atoms with Crippen LogP contribution in [0.2, 0.25) is 0 Å². The third-order valence-electron chi connectivity index (χ3n) is 19.7. The Morgan fingerprint density at radius 1 is 0.112 bits per heavy atom. The lowest BCUT2D eigenvalue weighted by molar-refractivity contribution is 1.28. The summed E-state index contributed by atoms with van der Waals surface area (Å²) in [5.41, 5.74) is 25.2. The molecule has 0 aliphatic carbocycles. The number of rotatable bonds is 14. The summed E-state index contributed by atoms with van der Waals surface area (Å²) >= 11 is 0. The predicted octanol–water partition coefficient (Wildman–Crippen LogP) is 27.2. The number of nitrogens with zero attached hydrogens (tertiary/aromatic N) is 2. The molecule has 98 heavy (non-hydrogen) atoms. The summed E-state index contributed by atoms with van der Waals surface area (Å²) in [4.78, 5) is 4.72. The standard InChI is InChI=1S/C96H64N2/c1-11-33-65(34-12-1)83-84(66-35-13-2-14-36-66)88(70-43-21-6-22-44-70)94-80-54-32-56-82-92(80)91-79(93(94)87(83)69-41-19-5-20-42-69)53-31-55-81(91)95-89(71-57-61-77(62-58-71)97(73-45-23-7-24-46-73)74-47-25-8-26-48-74)85(67-37-15-3-16-38-67)86(68-39-17-4-18-40-68)90(96(82)95)72-59-63-78(64-60-72)98(75-49-27-9-28-50-75)76-51-29-10-30-52-76/h1-64H. The number of fused-ring (bicyclic) bond motifs is 6. The Balaban J connectivity index is 1.06. The average Bonchev–Trinajstić information content (AvgIpc) is 0.673. The van der Waals surface area contributed by atoms with E-state index in [4.69, 9.17) is 0 Å². The molecule has 0 saturated carbocycles. The van der Waals surface area contributed by atoms with Gasteiger partial charge in [-0.25, -0.2) is 0 Å². The van der Waals surface area contributed by atoms with Gasteiger partial charge in [0.05, 0.1) is 0 Å². The molecule has 0 bridgehead atoms. The van der Waals surface area contributed by atoms with E-state index in [1.54, 1.807) is 0 Å². The van der Waals surface area contributed by atoms with Crippen LogP contribution in [0.1, 0.15) is 0 Å². The summed E-state index contributed by atoms with van der Waals surface area (Å²) in [6.07, 6.45) is 0. The van der Waals surface area contributed by atoms with Crippen LogP contribution in [-0.2, 0) is 0 Å². The first-order valence-electron chi connectivity index (χ1n) is 33.8. The molecule has 0 aliphatic rings. The van der Waals surface area contributed by atoms with Crippen molar-refractivity contribution in [1.29, 1.82) is 0 Å². The van der Waals surface area contributed by atoms with Crippen molar-refractivity contribution in [3.8, 4) is 89.0 Å². The molecule has 2 heteroatoms. The third-order valence-corrected chi connectivity index (χ3v) is 19.7. The fraction of sp³-hybridized carbons (Fsp3) is 0. The van der Waals surface area contributed by atoms with Crippen molar-refractivity contribution in [2.45, 2.75) is 0 Å². The molecule has 0 amide bonds. The minimum Gasteiger partial charge on any atom is -0.311 e. The normalized spacial score (nSPS) is 11.5. The monoisotopic (exact) mass is 1240 g/mol. The predicted molar refractivity (Wildman–Crippen MR) is 418 cm³/mol. The Hall–Kier alpha value is -12.9. The van der Waals surface area contributed by atoms with E-state index in [0.29, 0.717) is 0 Å². The molecule has 0 spiro atoms. The maximum Gasteiger partial charge on any atom is 0.0462 e. The van der Waals surface area contributed by atoms with E-state index < -0.39 is 0 Å². The van der Waals surface area contributed by atoms with Crippen LogP contribution in [0.5, 0.6) is 0 Å². The molecule has 0 aromatic heterocycles. The number of anilines is 6. The quantitative estimate of drug-likeness (QED) is 0.0791. The molecule has 0 unspecified atom stereocenters. The van der Waals surface area contributed by atoms with Crippen molar-refractivity contribution in [2.24, 2.45) is 0 Å². The van der Waals surface area contributed by atoms with Crippen molar-refractivity contribution in [3.63, 3.8) is 0 Å². The van der Waals surface area contributed by atoms with Gasteiger partial charge in [-0.2, -0.15) is 0 Å². The van der Waals surface area contributed by atoms with Crippen molar-refractivity contribution in [2.75, 3.05) is 9.80 Å². The fourth-order valence-electron chi connectivity index (χ4n) is 15.7. The van der Waals surface area contributed by atoms with Crippen molar-refractivity contribution < 1.29 is 0 Å². The smallest absolute Gasteiger partial charge is 0.0462 e. The number of para-hydroxylation sites is 4. The SMILES string of the molecule is c1ccc(-c2c(-c3ccccc3)c(-c3ccccc3)c3c4cccc5c6c(-c7ccc(N(c8ccccc8)c8ccccc8)cc7)c(-c7ccccc7)c(-c7ccccc7)c(-c7ccc(N(c8ccccc8)c8ccccc8)cc7)c6c6cccc(c3c2-c2ccccc2)c6c45)cc1. The van der Waals surface area contributed by atoms with Gasteiger partial charge in [0.2, 0.25) is 0 Å². The second-order valence-corrected chi connectivity index (χ2v) is 25.3. The minimum atomic E-state index is 1.07. The van der Waals surface area contributed by atoms with Crippen molar-refractivity contribution in [3.05, 3.63) is 388 Å². The molecule has 0 aliphatic heterocycles. The largest absolute Gasteiger partial charge is 0.311 e. The number of benzene rings is 18. The van der Waals surface area contributed by atoms with Gasteiger partial charge in [-0.05, 0) is 216 Å². The molecular formula is C96H64N2. The molecule has 0 radical (unpaired) electrons. The molecule has 0 atom stereocenters. The minimum absolute atomic E-state index is 1.07. The molecule has 18 rings (SSSR count). The molecule has 18 aromatic rings. The fourth-order valence-corrected chi connectivity index (χ4v) is 15.7. The zero-order valence-electron chi connectivity index (χ0n) is 53.8. The summed E-state index contributed by atoms with van der Waals surface area (Å²) in [5.74, 6) is 0. The summed E-state index contributed by atoms with van der Waals surface area (Å²) in [7, 11) is 0. The second-order valence-electron chi connectivity index (χ2n) is 25.3. The second kappa shape index (κ2) is 24.8. The van der Waals surface area contributed by atoms with Crippen LogP contribution in [0, 0.1) is 0 Å². The van der Waals surface area contributed by atoms with Crippen LogP contribution in [0.25, 0.3) is 143 Å². The highest BCUT2D eigenvalue weighted by Crippen LogP contribution is 2.60. The summed E-state index contributed by atoms with van der Waals surface area (Å²) in [6.45, 7) is 0. The van der Waals surface area contributed by atoms with Crippen LogP contribution in [0.4, 0.5) is 34.1 Å². The topological polar surface area (TPSA) is 6.48 Å². The van der Waals surface area contributed by atoms with Gasteiger partial charge in [-0.1, -0.05) is 315 Å². The maximum absolute atomic E-state index is 2.44. The lowest BCUT2D eigenvalue weighted by Gasteiger charge is -2.30. The van der Waals surface area contributed by atoms with E-state index in [1.807, 2.05) is 0 Å². The summed E-state index contributed by atoms with van der Waals surface area (Å²) in [5, 5.41) is 12.2. The van der Waals surface area contributed by atoms with Crippen LogP contribution in [0.15, 0.2) is 388 Å². The molecule has 18 aromatic carbocycles. The molecule has 0 fully saturated rings. The molecule has 2 nitrogen and oxygen atoms in total. The first-order valence-corrected chi connectivity index (χ1v) is 33.8. The number of hydrogen-bond donors (Lipinski definition) is 0. The Bertz CT molecular complexity index is 5430. The first-order chi connectivity index (χ1) is 48.7. The highest BCUT2D eigenvalue weighted by Gasteiger charge is 2.32. The number of hydrogen-bond acceptors (Lipinski definition) is 2. The van der Waals surface area contributed by atoms with Gasteiger partial charge in [0.15, 0.2) is 0 Å². The Morgan fingerprint density at radius 3 is 0.480 bits per heavy atom. The van der Waals surface area contributed by atoms with E-state index in [-0.39, 0.29) is 0 Å². The summed E-state index contributed by atoms with van der Waals surface area (Å²) < 4.78 is 0. The van der Waals surface area contributed by atoms with Gasteiger partial charge >= 0.3 is 0 Å². The van der Waals surface area contributed by atoms with E-state index in [0.717, 1.165) is 78.6 Å². The highest BCUT2D eigenvalue weighted by atomic mass is 15.1. The van der Waals surface area contributed by atoms with Crippen LogP contribution < -0.4 is 9.80 Å². The molecule has 0 saturated heterocycles. The molecule has 0 heterocycles. The van der Waals surface area contributed by atoms with E-state index in [1.165, 1.54) is 98.4 Å². The van der Waals surface area contributed by atoms with Gasteiger partial charge in [0, 0.05) is 34.1 Å². The zero-order chi connectivity index (χ0) is 64.9. The highest BCUT2D eigenvalue weighted by molar-refractivity contribution is 6.46. The van der Waals surface area contributed by atoms with Gasteiger partial charge in [0.1, 0.15) is 0 Å². The Morgan fingerprint density at radius 2 is 0.276 bits per heavy atom. The van der Waals surface area contributed by atoms with Crippen LogP contribution >= 0.6 is 0 Å². The first kappa shape index (κ1) is 57.8. The Labute approximate surface area is 571 Å². The third kappa shape index (κ3) is 9.80. The van der Waals surface area contributed by atoms with E-state index in [9.17, 15) is 0 Å². The summed E-state index contributed by atoms with van der Waals surface area (Å²) in [6, 6.07) is 143. The van der Waals surface area contributed by atoms with Gasteiger partial charge in [-0.3, -0.25) is 0 Å². The van der Waals surface area contributed by atoms with E-state index >= 15 is 0 Å². The van der Waals surface area contributed by atoms with Gasteiger partial charge in [-0.15, -0.1) is 0 Å². The van der Waals surface area contributed by atoms with E-state index in [2.05, 4.69) is 398 Å². The lowest BCUT2D eigenvalue weighted by atomic mass is 9.73. The molecular weight excluding hydrogens is 1180 g/mol. The van der Waals surface area contributed by atoms with Crippen LogP contribution in [0.3, 0.4) is 0 Å². The maximum atomic E-state index is 2.44. The lowest BCUT2D eigenvalue weighted by Crippen LogP contribution is -2.09. The molecule has 0 N–H and O–H groups in total. The molecule has 458 valence electrons.